The highest BCUT2D eigenvalue weighted by atomic mass is 32.1. The highest BCUT2D eigenvalue weighted by molar-refractivity contribution is 7.22. The number of carbonyl (C=O) groups is 2. The fourth-order valence-corrected chi connectivity index (χ4v) is 5.57. The summed E-state index contributed by atoms with van der Waals surface area (Å²) >= 11 is 2.71. The molecule has 0 saturated heterocycles. The molecule has 0 bridgehead atoms. The van der Waals surface area contributed by atoms with E-state index in [2.05, 4.69) is 20.6 Å². The normalized spacial score (nSPS) is 11.0. The number of aromatic nitrogens is 2. The maximum Gasteiger partial charge on any atom is 0.257 e. The molecule has 0 aliphatic rings. The second-order valence-corrected chi connectivity index (χ2v) is 10.6. The SMILES string of the molecule is Nc1ccc(C(=O)Nc2nc3ccc(Oc4ccc5nc(NC(=O)c6ccc(N)cc6)sc5c4)cc3s2)cc1. The lowest BCUT2D eigenvalue weighted by molar-refractivity contribution is 0.101. The van der Waals surface area contributed by atoms with Gasteiger partial charge in [0.05, 0.1) is 20.4 Å². The molecule has 0 fully saturated rings. The lowest BCUT2D eigenvalue weighted by atomic mass is 10.2. The minimum atomic E-state index is -0.257. The smallest absolute Gasteiger partial charge is 0.257 e. The number of fused-ring (bicyclic) bond motifs is 2. The summed E-state index contributed by atoms with van der Waals surface area (Å²) in [5, 5.41) is 6.64. The summed E-state index contributed by atoms with van der Waals surface area (Å²) in [6.45, 7) is 0. The molecule has 2 heterocycles. The van der Waals surface area contributed by atoms with E-state index < -0.39 is 0 Å². The van der Waals surface area contributed by atoms with Crippen LogP contribution >= 0.6 is 22.7 Å². The maximum absolute atomic E-state index is 12.5. The molecule has 192 valence electrons. The Bertz CT molecular complexity index is 1710. The molecule has 11 heteroatoms. The molecule has 0 radical (unpaired) electrons. The Hall–Kier alpha value is -5.00. The lowest BCUT2D eigenvalue weighted by Crippen LogP contribution is -2.11. The number of anilines is 4. The van der Waals surface area contributed by atoms with Crippen LogP contribution < -0.4 is 26.8 Å². The average Bonchev–Trinajstić information content (AvgIpc) is 3.51. The molecule has 0 spiro atoms. The first-order chi connectivity index (χ1) is 18.9. The van der Waals surface area contributed by atoms with E-state index in [4.69, 9.17) is 16.2 Å². The van der Waals surface area contributed by atoms with E-state index in [1.54, 1.807) is 48.5 Å². The summed E-state index contributed by atoms with van der Waals surface area (Å²) in [5.41, 5.74) is 15.1. The molecule has 6 N–H and O–H groups in total. The summed E-state index contributed by atoms with van der Waals surface area (Å²) in [5.74, 6) is 0.742. The summed E-state index contributed by atoms with van der Waals surface area (Å²) in [7, 11) is 0. The standard InChI is InChI=1S/C28H20N6O3S2/c29-17-5-1-15(2-6-17)25(35)33-27-31-21-11-9-19(13-23(21)38-27)37-20-10-12-22-24(14-20)39-28(32-22)34-26(36)16-3-7-18(30)8-4-16/h1-14H,29-30H2,(H,31,33,35)(H,32,34,36). The number of carbonyl (C=O) groups excluding carboxylic acids is 2. The molecule has 2 amide bonds. The Balaban J connectivity index is 1.16. The summed E-state index contributed by atoms with van der Waals surface area (Å²) in [6, 6.07) is 24.5. The van der Waals surface area contributed by atoms with E-state index in [1.165, 1.54) is 22.7 Å². The Morgan fingerprint density at radius 2 is 1.03 bits per heavy atom. The van der Waals surface area contributed by atoms with Crippen LogP contribution in [0, 0.1) is 0 Å². The Labute approximate surface area is 230 Å². The van der Waals surface area contributed by atoms with E-state index in [1.807, 2.05) is 36.4 Å². The fraction of sp³-hybridized carbons (Fsp3) is 0. The topological polar surface area (TPSA) is 145 Å². The van der Waals surface area contributed by atoms with Gasteiger partial charge in [-0.15, -0.1) is 0 Å². The highest BCUT2D eigenvalue weighted by Gasteiger charge is 2.13. The van der Waals surface area contributed by atoms with Crippen LogP contribution in [0.5, 0.6) is 11.5 Å². The van der Waals surface area contributed by atoms with Crippen LogP contribution in [0.2, 0.25) is 0 Å². The van der Waals surface area contributed by atoms with Crippen molar-refractivity contribution in [3.05, 3.63) is 96.1 Å². The van der Waals surface area contributed by atoms with E-state index >= 15 is 0 Å². The molecular formula is C28H20N6O3S2. The molecule has 6 rings (SSSR count). The molecule has 0 aliphatic heterocycles. The minimum absolute atomic E-state index is 0.257. The van der Waals surface area contributed by atoms with E-state index in [-0.39, 0.29) is 11.8 Å². The van der Waals surface area contributed by atoms with Crippen LogP contribution in [0.4, 0.5) is 21.6 Å². The van der Waals surface area contributed by atoms with Crippen LogP contribution in [0.15, 0.2) is 84.9 Å². The maximum atomic E-state index is 12.5. The Morgan fingerprint density at radius 3 is 1.44 bits per heavy atom. The van der Waals surface area contributed by atoms with Gasteiger partial charge in [-0.05, 0) is 72.8 Å². The van der Waals surface area contributed by atoms with E-state index in [9.17, 15) is 9.59 Å². The molecule has 0 unspecified atom stereocenters. The van der Waals surface area contributed by atoms with Crippen LogP contribution in [-0.2, 0) is 0 Å². The Morgan fingerprint density at radius 1 is 0.615 bits per heavy atom. The van der Waals surface area contributed by atoms with Crippen molar-refractivity contribution in [1.82, 2.24) is 9.97 Å². The third-order valence-electron chi connectivity index (χ3n) is 5.74. The van der Waals surface area contributed by atoms with Crippen molar-refractivity contribution in [1.29, 1.82) is 0 Å². The lowest BCUT2D eigenvalue weighted by Gasteiger charge is -2.05. The van der Waals surface area contributed by atoms with Gasteiger partial charge in [0.25, 0.3) is 11.8 Å². The molecule has 39 heavy (non-hydrogen) atoms. The molecule has 9 nitrogen and oxygen atoms in total. The van der Waals surface area contributed by atoms with Crippen LogP contribution in [0.25, 0.3) is 20.4 Å². The van der Waals surface area contributed by atoms with Crippen molar-refractivity contribution < 1.29 is 14.3 Å². The molecule has 0 atom stereocenters. The van der Waals surface area contributed by atoms with Gasteiger partial charge in [0.15, 0.2) is 10.3 Å². The second kappa shape index (κ2) is 10.0. The number of hydrogen-bond donors (Lipinski definition) is 4. The van der Waals surface area contributed by atoms with Crippen molar-refractivity contribution in [2.75, 3.05) is 22.1 Å². The number of ether oxygens (including phenoxy) is 1. The minimum Gasteiger partial charge on any atom is -0.457 e. The highest BCUT2D eigenvalue weighted by Crippen LogP contribution is 2.34. The van der Waals surface area contributed by atoms with Crippen molar-refractivity contribution in [3.63, 3.8) is 0 Å². The number of nitrogen functional groups attached to an aromatic ring is 2. The number of nitrogens with zero attached hydrogens (tertiary/aromatic N) is 2. The van der Waals surface area contributed by atoms with Crippen molar-refractivity contribution in [2.24, 2.45) is 0 Å². The summed E-state index contributed by atoms with van der Waals surface area (Å²) in [6.07, 6.45) is 0. The summed E-state index contributed by atoms with van der Waals surface area (Å²) < 4.78 is 7.83. The monoisotopic (exact) mass is 552 g/mol. The zero-order valence-corrected chi connectivity index (χ0v) is 21.8. The number of benzene rings is 4. The van der Waals surface area contributed by atoms with Crippen molar-refractivity contribution in [3.8, 4) is 11.5 Å². The van der Waals surface area contributed by atoms with Gasteiger partial charge in [-0.2, -0.15) is 0 Å². The zero-order chi connectivity index (χ0) is 26.9. The third-order valence-corrected chi connectivity index (χ3v) is 7.61. The van der Waals surface area contributed by atoms with Crippen LogP contribution in [-0.4, -0.2) is 21.8 Å². The largest absolute Gasteiger partial charge is 0.457 e. The van der Waals surface area contributed by atoms with Gasteiger partial charge in [-0.1, -0.05) is 22.7 Å². The zero-order valence-electron chi connectivity index (χ0n) is 20.2. The van der Waals surface area contributed by atoms with Gasteiger partial charge >= 0.3 is 0 Å². The predicted molar refractivity (Wildman–Crippen MR) is 157 cm³/mol. The quantitative estimate of drug-likeness (QED) is 0.176. The average molecular weight is 553 g/mol. The van der Waals surface area contributed by atoms with Crippen LogP contribution in [0.1, 0.15) is 20.7 Å². The fourth-order valence-electron chi connectivity index (χ4n) is 3.79. The van der Waals surface area contributed by atoms with Crippen LogP contribution in [0.3, 0.4) is 0 Å². The summed E-state index contributed by atoms with van der Waals surface area (Å²) in [4.78, 5) is 34.0. The molecular weight excluding hydrogens is 532 g/mol. The van der Waals surface area contributed by atoms with Gasteiger partial charge in [0.2, 0.25) is 0 Å². The van der Waals surface area contributed by atoms with Gasteiger partial charge in [0, 0.05) is 34.6 Å². The van der Waals surface area contributed by atoms with Gasteiger partial charge in [-0.3, -0.25) is 20.2 Å². The van der Waals surface area contributed by atoms with E-state index in [0.29, 0.717) is 44.3 Å². The van der Waals surface area contributed by atoms with Gasteiger partial charge < -0.3 is 16.2 Å². The third kappa shape index (κ3) is 5.35. The molecule has 2 aromatic heterocycles. The van der Waals surface area contributed by atoms with E-state index in [0.717, 1.165) is 20.4 Å². The van der Waals surface area contributed by atoms with Gasteiger partial charge in [-0.25, -0.2) is 9.97 Å². The number of amides is 2. The molecule has 0 aliphatic carbocycles. The first-order valence-electron chi connectivity index (χ1n) is 11.7. The number of rotatable bonds is 6. The second-order valence-electron chi connectivity index (χ2n) is 8.55. The molecule has 6 aromatic rings. The first-order valence-corrected chi connectivity index (χ1v) is 13.4. The van der Waals surface area contributed by atoms with Gasteiger partial charge in [0.1, 0.15) is 11.5 Å². The van der Waals surface area contributed by atoms with Crippen molar-refractivity contribution >= 4 is 76.6 Å². The first kappa shape index (κ1) is 24.3. The molecule has 4 aromatic carbocycles. The molecule has 0 saturated carbocycles. The van der Waals surface area contributed by atoms with Crippen molar-refractivity contribution in [2.45, 2.75) is 0 Å². The number of thiazole rings is 2. The Kier molecular flexibility index (Phi) is 6.27. The number of nitrogens with one attached hydrogen (secondary N) is 2. The predicted octanol–water partition coefficient (Wildman–Crippen LogP) is 6.37. The number of hydrogen-bond acceptors (Lipinski definition) is 9. The number of nitrogens with two attached hydrogens (primary N) is 2.